The zero-order valence-electron chi connectivity index (χ0n) is 16.4. The van der Waals surface area contributed by atoms with Crippen LogP contribution in [0, 0.1) is 5.92 Å². The molecular weight excluding hydrogens is 338 g/mol. The summed E-state index contributed by atoms with van der Waals surface area (Å²) < 4.78 is 6.45. The number of hydrogen-bond donors (Lipinski definition) is 1. The van der Waals surface area contributed by atoms with Crippen LogP contribution >= 0.6 is 0 Å². The van der Waals surface area contributed by atoms with Crippen LogP contribution in [0.1, 0.15) is 63.5 Å². The van der Waals surface area contributed by atoms with Crippen LogP contribution in [0.5, 0.6) is 0 Å². The molecule has 3 fully saturated rings. The van der Waals surface area contributed by atoms with Crippen LogP contribution in [0.4, 0.5) is 0 Å². The van der Waals surface area contributed by atoms with Crippen LogP contribution in [-0.2, 0) is 16.1 Å². The maximum Gasteiger partial charge on any atom is 0.220 e. The minimum atomic E-state index is 0.0431. The summed E-state index contributed by atoms with van der Waals surface area (Å²) in [5.74, 6) is 0.834. The van der Waals surface area contributed by atoms with Gasteiger partial charge in [0.1, 0.15) is 0 Å². The normalized spacial score (nSPS) is 25.9. The van der Waals surface area contributed by atoms with E-state index >= 15 is 0 Å². The van der Waals surface area contributed by atoms with Crippen molar-refractivity contribution < 1.29 is 9.53 Å². The topological polar surface area (TPSA) is 54.5 Å². The lowest BCUT2D eigenvalue weighted by Gasteiger charge is -2.39. The number of nitrogens with zero attached hydrogens (tertiary/aromatic N) is 2. The van der Waals surface area contributed by atoms with Gasteiger partial charge in [0, 0.05) is 38.8 Å². The van der Waals surface area contributed by atoms with E-state index < -0.39 is 0 Å². The molecule has 1 unspecified atom stereocenters. The standard InChI is InChI=1S/C22H33N3O2/c26-21(15-18-5-1-2-6-18)24-16-20-8-9-22(27-20)10-13-25(14-11-22)17-19-7-3-4-12-23-19/h3-4,7,12,18,20H,1-2,5-6,8-11,13-17H2,(H,24,26). The van der Waals surface area contributed by atoms with E-state index in [0.717, 1.165) is 51.0 Å². The second-order valence-electron chi connectivity index (χ2n) is 8.72. The van der Waals surface area contributed by atoms with Gasteiger partial charge in [-0.25, -0.2) is 0 Å². The smallest absolute Gasteiger partial charge is 0.220 e. The van der Waals surface area contributed by atoms with Crippen molar-refractivity contribution in [2.75, 3.05) is 19.6 Å². The second kappa shape index (κ2) is 8.70. The number of rotatable bonds is 6. The van der Waals surface area contributed by atoms with E-state index in [4.69, 9.17) is 4.74 Å². The van der Waals surface area contributed by atoms with Crippen LogP contribution in [0.3, 0.4) is 0 Å². The van der Waals surface area contributed by atoms with Crippen molar-refractivity contribution in [2.24, 2.45) is 5.92 Å². The van der Waals surface area contributed by atoms with Gasteiger partial charge in [0.2, 0.25) is 5.91 Å². The van der Waals surface area contributed by atoms with Crippen molar-refractivity contribution in [2.45, 2.75) is 76.0 Å². The number of amides is 1. The van der Waals surface area contributed by atoms with E-state index in [1.807, 2.05) is 12.3 Å². The first-order valence-electron chi connectivity index (χ1n) is 10.8. The minimum absolute atomic E-state index is 0.0431. The molecule has 1 aromatic rings. The quantitative estimate of drug-likeness (QED) is 0.834. The molecule has 0 aromatic carbocycles. The Morgan fingerprint density at radius 3 is 2.74 bits per heavy atom. The summed E-state index contributed by atoms with van der Waals surface area (Å²) in [6, 6.07) is 6.12. The van der Waals surface area contributed by atoms with Crippen LogP contribution in [0.2, 0.25) is 0 Å². The summed E-state index contributed by atoms with van der Waals surface area (Å²) >= 11 is 0. The molecule has 1 atom stereocenters. The SMILES string of the molecule is O=C(CC1CCCC1)NCC1CCC2(CCN(Cc3ccccn3)CC2)O1. The molecule has 1 aliphatic carbocycles. The molecule has 2 saturated heterocycles. The number of hydrogen-bond acceptors (Lipinski definition) is 4. The molecule has 0 radical (unpaired) electrons. The third kappa shape index (κ3) is 5.08. The molecule has 3 heterocycles. The Morgan fingerprint density at radius 2 is 2.00 bits per heavy atom. The number of carbonyl (C=O) groups excluding carboxylic acids is 1. The number of nitrogens with one attached hydrogen (secondary N) is 1. The van der Waals surface area contributed by atoms with E-state index in [1.54, 1.807) is 0 Å². The number of carbonyl (C=O) groups is 1. The van der Waals surface area contributed by atoms with E-state index in [-0.39, 0.29) is 17.6 Å². The van der Waals surface area contributed by atoms with Gasteiger partial charge >= 0.3 is 0 Å². The molecule has 2 aliphatic heterocycles. The summed E-state index contributed by atoms with van der Waals surface area (Å²) in [7, 11) is 0. The van der Waals surface area contributed by atoms with Crippen LogP contribution in [0.25, 0.3) is 0 Å². The summed E-state index contributed by atoms with van der Waals surface area (Å²) in [4.78, 5) is 19.1. The zero-order valence-corrected chi connectivity index (χ0v) is 16.4. The lowest BCUT2D eigenvalue weighted by molar-refractivity contribution is -0.123. The Labute approximate surface area is 162 Å². The summed E-state index contributed by atoms with van der Waals surface area (Å²) in [5.41, 5.74) is 1.19. The van der Waals surface area contributed by atoms with Gasteiger partial charge in [0.05, 0.1) is 17.4 Å². The predicted molar refractivity (Wildman–Crippen MR) is 105 cm³/mol. The minimum Gasteiger partial charge on any atom is -0.370 e. The molecule has 0 bridgehead atoms. The Bertz CT molecular complexity index is 607. The fraction of sp³-hybridized carbons (Fsp3) is 0.727. The van der Waals surface area contributed by atoms with Crippen molar-refractivity contribution in [3.8, 4) is 0 Å². The first kappa shape index (κ1) is 18.9. The third-order valence-corrected chi connectivity index (χ3v) is 6.69. The largest absolute Gasteiger partial charge is 0.370 e. The van der Waals surface area contributed by atoms with Crippen LogP contribution in [-0.4, -0.2) is 47.1 Å². The predicted octanol–water partition coefficient (Wildman–Crippen LogP) is 3.29. The lowest BCUT2D eigenvalue weighted by Crippen LogP contribution is -2.45. The third-order valence-electron chi connectivity index (χ3n) is 6.69. The molecule has 5 nitrogen and oxygen atoms in total. The van der Waals surface area contributed by atoms with Gasteiger partial charge in [0.15, 0.2) is 0 Å². The Morgan fingerprint density at radius 1 is 1.19 bits per heavy atom. The van der Waals surface area contributed by atoms with E-state index in [9.17, 15) is 4.79 Å². The molecule has 1 amide bonds. The lowest BCUT2D eigenvalue weighted by atomic mass is 9.88. The maximum atomic E-state index is 12.2. The Hall–Kier alpha value is -1.46. The monoisotopic (exact) mass is 371 g/mol. The van der Waals surface area contributed by atoms with Crippen molar-refractivity contribution >= 4 is 5.91 Å². The number of piperidine rings is 1. The fourth-order valence-electron chi connectivity index (χ4n) is 5.02. The highest BCUT2D eigenvalue weighted by Crippen LogP contribution is 2.39. The first-order valence-corrected chi connectivity index (χ1v) is 10.8. The number of aromatic nitrogens is 1. The highest BCUT2D eigenvalue weighted by Gasteiger charge is 2.42. The van der Waals surface area contributed by atoms with Crippen molar-refractivity contribution in [1.29, 1.82) is 0 Å². The number of pyridine rings is 1. The summed E-state index contributed by atoms with van der Waals surface area (Å²) in [6.45, 7) is 3.75. The van der Waals surface area contributed by atoms with Gasteiger partial charge in [-0.05, 0) is 56.6 Å². The summed E-state index contributed by atoms with van der Waals surface area (Å²) in [5, 5.41) is 3.13. The van der Waals surface area contributed by atoms with Gasteiger partial charge < -0.3 is 10.1 Å². The van der Waals surface area contributed by atoms with Gasteiger partial charge in [-0.3, -0.25) is 14.7 Å². The molecule has 3 aliphatic rings. The fourth-order valence-corrected chi connectivity index (χ4v) is 5.02. The van der Waals surface area contributed by atoms with Gasteiger partial charge in [-0.1, -0.05) is 18.9 Å². The number of likely N-dealkylation sites (tertiary alicyclic amines) is 1. The Balaban J connectivity index is 1.17. The molecule has 4 rings (SSSR count). The van der Waals surface area contributed by atoms with Gasteiger partial charge in [-0.15, -0.1) is 0 Å². The molecule has 1 spiro atoms. The van der Waals surface area contributed by atoms with Crippen molar-refractivity contribution in [3.63, 3.8) is 0 Å². The summed E-state index contributed by atoms with van der Waals surface area (Å²) in [6.07, 6.45) is 12.2. The Kier molecular flexibility index (Phi) is 6.08. The average molecular weight is 372 g/mol. The van der Waals surface area contributed by atoms with Crippen LogP contribution < -0.4 is 5.32 Å². The van der Waals surface area contributed by atoms with E-state index in [1.165, 1.54) is 25.7 Å². The van der Waals surface area contributed by atoms with Crippen LogP contribution in [0.15, 0.2) is 24.4 Å². The zero-order chi connectivity index (χ0) is 18.5. The second-order valence-corrected chi connectivity index (χ2v) is 8.72. The number of ether oxygens (including phenoxy) is 1. The maximum absolute atomic E-state index is 12.2. The van der Waals surface area contributed by atoms with Crippen molar-refractivity contribution in [1.82, 2.24) is 15.2 Å². The van der Waals surface area contributed by atoms with E-state index in [0.29, 0.717) is 18.9 Å². The molecule has 5 heteroatoms. The van der Waals surface area contributed by atoms with Gasteiger partial charge in [-0.2, -0.15) is 0 Å². The van der Waals surface area contributed by atoms with E-state index in [2.05, 4.69) is 27.3 Å². The molecule has 1 aromatic heterocycles. The van der Waals surface area contributed by atoms with Gasteiger partial charge in [0.25, 0.3) is 0 Å². The first-order chi connectivity index (χ1) is 13.2. The van der Waals surface area contributed by atoms with Crippen molar-refractivity contribution in [3.05, 3.63) is 30.1 Å². The molecule has 148 valence electrons. The molecule has 27 heavy (non-hydrogen) atoms. The molecular formula is C22H33N3O2. The molecule has 1 N–H and O–H groups in total. The highest BCUT2D eigenvalue weighted by molar-refractivity contribution is 5.76. The highest BCUT2D eigenvalue weighted by atomic mass is 16.5. The average Bonchev–Trinajstić information content (AvgIpc) is 3.33. The molecule has 1 saturated carbocycles.